The van der Waals surface area contributed by atoms with E-state index in [0.29, 0.717) is 24.1 Å². The summed E-state index contributed by atoms with van der Waals surface area (Å²) in [6, 6.07) is 10.3. The predicted molar refractivity (Wildman–Crippen MR) is 129 cm³/mol. The summed E-state index contributed by atoms with van der Waals surface area (Å²) in [5, 5.41) is 3.98. The molecule has 0 saturated heterocycles. The van der Waals surface area contributed by atoms with Crippen LogP contribution in [0.5, 0.6) is 0 Å². The highest BCUT2D eigenvalue weighted by Crippen LogP contribution is 2.18. The minimum Gasteiger partial charge on any atom is -0.357 e. The predicted octanol–water partition coefficient (Wildman–Crippen LogP) is 3.28. The Balaban J connectivity index is 0.00000300. The Morgan fingerprint density at radius 3 is 2.69 bits per heavy atom. The monoisotopic (exact) mass is 529 g/mol. The smallest absolute Gasteiger partial charge is 0.244 e. The zero-order valence-corrected chi connectivity index (χ0v) is 20.3. The molecule has 1 aliphatic rings. The molecule has 3 rings (SSSR count). The van der Waals surface area contributed by atoms with Crippen LogP contribution in [0.15, 0.2) is 41.5 Å². The van der Waals surface area contributed by atoms with Crippen molar-refractivity contribution >= 4 is 47.4 Å². The number of rotatable bonds is 5. The Labute approximate surface area is 194 Å². The van der Waals surface area contributed by atoms with Crippen LogP contribution >= 0.6 is 35.6 Å². The highest BCUT2D eigenvalue weighted by atomic mass is 127. The number of guanidine groups is 1. The quantitative estimate of drug-likeness (QED) is 0.367. The molecule has 0 atom stereocenters. The van der Waals surface area contributed by atoms with Gasteiger partial charge in [0.2, 0.25) is 5.91 Å². The molecule has 1 aromatic heterocycles. The number of aliphatic imine (C=N–C) groups is 1. The molecule has 1 N–H and O–H groups in total. The number of carbonyl (C=O) groups excluding carboxylic acids is 1. The number of nitrogens with zero attached hydrogens (tertiary/aromatic N) is 4. The number of hydrogen-bond donors (Lipinski definition) is 1. The molecular weight excluding hydrogens is 501 g/mol. The summed E-state index contributed by atoms with van der Waals surface area (Å²) >= 11 is 6.08. The summed E-state index contributed by atoms with van der Waals surface area (Å²) in [4.78, 5) is 21.2. The molecule has 8 heteroatoms. The minimum absolute atomic E-state index is 0. The molecule has 1 amide bonds. The van der Waals surface area contributed by atoms with Gasteiger partial charge in [-0.15, -0.1) is 24.0 Å². The standard InChI is InChI=1S/C21H28ClN5O.HI/c1-4-23-21(26(3)15-19-11-18(22)14-25(19)2)24-12-20(28)27-10-9-16-7-5-6-8-17(16)13-27;/h5-8,11,14H,4,9-10,12-13,15H2,1-3H3,(H,23,24);1H. The van der Waals surface area contributed by atoms with Crippen LogP contribution in [0.2, 0.25) is 5.02 Å². The van der Waals surface area contributed by atoms with E-state index in [-0.39, 0.29) is 36.4 Å². The molecule has 1 aliphatic heterocycles. The zero-order chi connectivity index (χ0) is 20.1. The van der Waals surface area contributed by atoms with Gasteiger partial charge in [0.15, 0.2) is 5.96 Å². The van der Waals surface area contributed by atoms with Gasteiger partial charge in [-0.3, -0.25) is 4.79 Å². The largest absolute Gasteiger partial charge is 0.357 e. The highest BCUT2D eigenvalue weighted by molar-refractivity contribution is 14.0. The van der Waals surface area contributed by atoms with Crippen molar-refractivity contribution in [3.05, 3.63) is 58.4 Å². The third-order valence-corrected chi connectivity index (χ3v) is 5.22. The zero-order valence-electron chi connectivity index (χ0n) is 17.2. The fourth-order valence-corrected chi connectivity index (χ4v) is 3.73. The first kappa shape index (κ1) is 23.5. The molecule has 29 heavy (non-hydrogen) atoms. The van der Waals surface area contributed by atoms with Gasteiger partial charge in [0, 0.05) is 45.6 Å². The lowest BCUT2D eigenvalue weighted by atomic mass is 10.00. The molecule has 1 aromatic carbocycles. The number of benzene rings is 1. The van der Waals surface area contributed by atoms with E-state index in [1.807, 2.05) is 53.7 Å². The highest BCUT2D eigenvalue weighted by Gasteiger charge is 2.20. The average molecular weight is 530 g/mol. The fourth-order valence-electron chi connectivity index (χ4n) is 3.46. The molecule has 0 saturated carbocycles. The van der Waals surface area contributed by atoms with Crippen molar-refractivity contribution in [1.29, 1.82) is 0 Å². The number of nitrogens with one attached hydrogen (secondary N) is 1. The van der Waals surface area contributed by atoms with Crippen LogP contribution in [0.25, 0.3) is 0 Å². The van der Waals surface area contributed by atoms with Gasteiger partial charge < -0.3 is 19.7 Å². The van der Waals surface area contributed by atoms with E-state index in [2.05, 4.69) is 28.5 Å². The Morgan fingerprint density at radius 1 is 1.31 bits per heavy atom. The van der Waals surface area contributed by atoms with Crippen molar-refractivity contribution in [2.45, 2.75) is 26.4 Å². The second-order valence-electron chi connectivity index (χ2n) is 7.12. The lowest BCUT2D eigenvalue weighted by Gasteiger charge is -2.29. The van der Waals surface area contributed by atoms with Gasteiger partial charge in [0.25, 0.3) is 0 Å². The van der Waals surface area contributed by atoms with Crippen LogP contribution in [0, 0.1) is 0 Å². The van der Waals surface area contributed by atoms with E-state index in [1.165, 1.54) is 11.1 Å². The maximum atomic E-state index is 12.7. The number of aryl methyl sites for hydroxylation is 1. The minimum atomic E-state index is 0. The normalized spacial score (nSPS) is 13.5. The first-order chi connectivity index (χ1) is 13.5. The first-order valence-electron chi connectivity index (χ1n) is 9.62. The number of hydrogen-bond acceptors (Lipinski definition) is 2. The SMILES string of the molecule is CCNC(=NCC(=O)N1CCc2ccccc2C1)N(C)Cc1cc(Cl)cn1C.I. The second-order valence-corrected chi connectivity index (χ2v) is 7.56. The van der Waals surface area contributed by atoms with Crippen LogP contribution < -0.4 is 5.32 Å². The fraction of sp³-hybridized carbons (Fsp3) is 0.429. The van der Waals surface area contributed by atoms with Crippen LogP contribution in [-0.4, -0.2) is 52.9 Å². The average Bonchev–Trinajstić information content (AvgIpc) is 3.01. The molecule has 0 spiro atoms. The summed E-state index contributed by atoms with van der Waals surface area (Å²) in [6.45, 7) is 4.97. The molecule has 0 unspecified atom stereocenters. The Kier molecular flexibility index (Phi) is 8.82. The number of carbonyl (C=O) groups is 1. The Morgan fingerprint density at radius 2 is 2.03 bits per heavy atom. The van der Waals surface area contributed by atoms with E-state index < -0.39 is 0 Å². The molecule has 0 radical (unpaired) electrons. The maximum absolute atomic E-state index is 12.7. The van der Waals surface area contributed by atoms with Gasteiger partial charge >= 0.3 is 0 Å². The van der Waals surface area contributed by atoms with E-state index >= 15 is 0 Å². The van der Waals surface area contributed by atoms with Crippen molar-refractivity contribution in [3.8, 4) is 0 Å². The number of halogens is 2. The molecule has 158 valence electrons. The van der Waals surface area contributed by atoms with Crippen molar-refractivity contribution in [2.75, 3.05) is 26.7 Å². The van der Waals surface area contributed by atoms with E-state index in [0.717, 1.165) is 25.2 Å². The molecular formula is C21H29ClIN5O. The number of fused-ring (bicyclic) bond motifs is 1. The van der Waals surface area contributed by atoms with Gasteiger partial charge in [-0.1, -0.05) is 35.9 Å². The van der Waals surface area contributed by atoms with Crippen LogP contribution in [0.1, 0.15) is 23.7 Å². The van der Waals surface area contributed by atoms with Crippen molar-refractivity contribution < 1.29 is 4.79 Å². The maximum Gasteiger partial charge on any atom is 0.244 e. The number of aromatic nitrogens is 1. The summed E-state index contributed by atoms with van der Waals surface area (Å²) < 4.78 is 2.00. The van der Waals surface area contributed by atoms with Crippen LogP contribution in [0.3, 0.4) is 0 Å². The number of amides is 1. The lowest BCUT2D eigenvalue weighted by Crippen LogP contribution is -2.41. The third-order valence-electron chi connectivity index (χ3n) is 5.02. The first-order valence-corrected chi connectivity index (χ1v) is 10.0. The van der Waals surface area contributed by atoms with Crippen molar-refractivity contribution in [3.63, 3.8) is 0 Å². The Hall–Kier alpha value is -1.74. The van der Waals surface area contributed by atoms with Gasteiger partial charge in [0.1, 0.15) is 6.54 Å². The van der Waals surface area contributed by atoms with E-state index in [1.54, 1.807) is 0 Å². The molecule has 6 nitrogen and oxygen atoms in total. The molecule has 2 heterocycles. The molecule has 0 fully saturated rings. The summed E-state index contributed by atoms with van der Waals surface area (Å²) in [7, 11) is 3.93. The summed E-state index contributed by atoms with van der Waals surface area (Å²) in [6.07, 6.45) is 2.78. The van der Waals surface area contributed by atoms with Gasteiger partial charge in [-0.25, -0.2) is 4.99 Å². The molecule has 2 aromatic rings. The van der Waals surface area contributed by atoms with Gasteiger partial charge in [-0.05, 0) is 30.5 Å². The third kappa shape index (κ3) is 6.12. The lowest BCUT2D eigenvalue weighted by molar-refractivity contribution is -0.130. The molecule has 0 aliphatic carbocycles. The second kappa shape index (κ2) is 10.9. The van der Waals surface area contributed by atoms with Crippen molar-refractivity contribution in [1.82, 2.24) is 19.7 Å². The Bertz CT molecular complexity index is 867. The topological polar surface area (TPSA) is 52.9 Å². The van der Waals surface area contributed by atoms with Gasteiger partial charge in [-0.2, -0.15) is 0 Å². The van der Waals surface area contributed by atoms with Gasteiger partial charge in [0.05, 0.1) is 11.6 Å². The van der Waals surface area contributed by atoms with Crippen molar-refractivity contribution in [2.24, 2.45) is 12.0 Å². The van der Waals surface area contributed by atoms with Crippen LogP contribution in [0.4, 0.5) is 0 Å². The molecule has 0 bridgehead atoms. The van der Waals surface area contributed by atoms with E-state index in [9.17, 15) is 4.79 Å². The summed E-state index contributed by atoms with van der Waals surface area (Å²) in [5.74, 6) is 0.769. The van der Waals surface area contributed by atoms with E-state index in [4.69, 9.17) is 11.6 Å². The summed E-state index contributed by atoms with van der Waals surface area (Å²) in [5.41, 5.74) is 3.65. The van der Waals surface area contributed by atoms with Crippen LogP contribution in [-0.2, 0) is 31.4 Å².